The SMILES string of the molecule is O=C(c1ocnc1C1CC1)N1CCCc2[nH]cnc2[C@@H]1c1cc2ccccc2o1. The largest absolute Gasteiger partial charge is 0.458 e. The van der Waals surface area contributed by atoms with Gasteiger partial charge in [-0.05, 0) is 37.8 Å². The average molecular weight is 388 g/mol. The van der Waals surface area contributed by atoms with E-state index in [-0.39, 0.29) is 5.91 Å². The van der Waals surface area contributed by atoms with E-state index in [1.54, 1.807) is 6.33 Å². The van der Waals surface area contributed by atoms with Crippen LogP contribution in [0.25, 0.3) is 11.0 Å². The third-order valence-electron chi connectivity index (χ3n) is 5.88. The maximum absolute atomic E-state index is 13.6. The number of amides is 1. The molecule has 1 aliphatic carbocycles. The molecular weight excluding hydrogens is 368 g/mol. The molecule has 2 aliphatic rings. The van der Waals surface area contributed by atoms with Crippen LogP contribution in [0, 0.1) is 0 Å². The topological polar surface area (TPSA) is 88.2 Å². The van der Waals surface area contributed by atoms with Crippen LogP contribution < -0.4 is 0 Å². The lowest BCUT2D eigenvalue weighted by Gasteiger charge is -2.27. The minimum absolute atomic E-state index is 0.147. The van der Waals surface area contributed by atoms with Crippen LogP contribution in [-0.4, -0.2) is 32.3 Å². The summed E-state index contributed by atoms with van der Waals surface area (Å²) in [4.78, 5) is 27.6. The molecule has 1 aliphatic heterocycles. The molecule has 0 unspecified atom stereocenters. The predicted octanol–water partition coefficient (Wildman–Crippen LogP) is 4.20. The fourth-order valence-electron chi connectivity index (χ4n) is 4.31. The van der Waals surface area contributed by atoms with Crippen LogP contribution in [0.15, 0.2) is 51.9 Å². The maximum Gasteiger partial charge on any atom is 0.292 e. The van der Waals surface area contributed by atoms with E-state index in [4.69, 9.17) is 8.83 Å². The summed E-state index contributed by atoms with van der Waals surface area (Å²) >= 11 is 0. The highest BCUT2D eigenvalue weighted by Crippen LogP contribution is 2.42. The van der Waals surface area contributed by atoms with Gasteiger partial charge in [-0.15, -0.1) is 0 Å². The molecule has 7 heteroatoms. The second-order valence-corrected chi connectivity index (χ2v) is 7.80. The first kappa shape index (κ1) is 16.6. The van der Waals surface area contributed by atoms with Gasteiger partial charge in [-0.3, -0.25) is 4.79 Å². The Hall–Kier alpha value is -3.35. The van der Waals surface area contributed by atoms with Crippen molar-refractivity contribution in [3.05, 3.63) is 71.7 Å². The first-order valence-electron chi connectivity index (χ1n) is 10.0. The van der Waals surface area contributed by atoms with E-state index in [9.17, 15) is 4.79 Å². The molecule has 0 spiro atoms. The molecule has 0 bridgehead atoms. The van der Waals surface area contributed by atoms with Gasteiger partial charge in [0.1, 0.15) is 17.4 Å². The number of imidazole rings is 1. The molecule has 1 N–H and O–H groups in total. The highest BCUT2D eigenvalue weighted by Gasteiger charge is 2.39. The van der Waals surface area contributed by atoms with Crippen LogP contribution in [-0.2, 0) is 6.42 Å². The number of nitrogens with one attached hydrogen (secondary N) is 1. The first-order chi connectivity index (χ1) is 14.3. The lowest BCUT2D eigenvalue weighted by molar-refractivity contribution is 0.0657. The molecule has 1 atom stereocenters. The predicted molar refractivity (Wildman–Crippen MR) is 104 cm³/mol. The van der Waals surface area contributed by atoms with Crippen molar-refractivity contribution in [1.29, 1.82) is 0 Å². The Balaban J connectivity index is 1.48. The summed E-state index contributed by atoms with van der Waals surface area (Å²) in [6.45, 7) is 0.593. The van der Waals surface area contributed by atoms with Crippen molar-refractivity contribution < 1.29 is 13.6 Å². The summed E-state index contributed by atoms with van der Waals surface area (Å²) in [6.07, 6.45) is 6.87. The Morgan fingerprint density at radius 1 is 1.17 bits per heavy atom. The van der Waals surface area contributed by atoms with Crippen molar-refractivity contribution >= 4 is 16.9 Å². The molecule has 1 aromatic carbocycles. The van der Waals surface area contributed by atoms with Gasteiger partial charge >= 0.3 is 0 Å². The van der Waals surface area contributed by atoms with Crippen LogP contribution >= 0.6 is 0 Å². The van der Waals surface area contributed by atoms with Gasteiger partial charge in [0.05, 0.1) is 17.7 Å². The zero-order chi connectivity index (χ0) is 19.4. The summed E-state index contributed by atoms with van der Waals surface area (Å²) in [5.74, 6) is 1.26. The molecule has 1 amide bonds. The van der Waals surface area contributed by atoms with E-state index in [0.29, 0.717) is 24.0 Å². The Labute approximate surface area is 166 Å². The van der Waals surface area contributed by atoms with Crippen molar-refractivity contribution in [2.75, 3.05) is 6.54 Å². The van der Waals surface area contributed by atoms with Crippen molar-refractivity contribution in [2.45, 2.75) is 37.6 Å². The van der Waals surface area contributed by atoms with Gasteiger partial charge in [0, 0.05) is 23.5 Å². The van der Waals surface area contributed by atoms with Gasteiger partial charge in [-0.2, -0.15) is 0 Å². The highest BCUT2D eigenvalue weighted by molar-refractivity contribution is 5.93. The number of benzene rings is 1. The number of hydrogen-bond acceptors (Lipinski definition) is 5. The van der Waals surface area contributed by atoms with E-state index < -0.39 is 6.04 Å². The number of aryl methyl sites for hydroxylation is 1. The number of rotatable bonds is 3. The number of para-hydroxylation sites is 1. The van der Waals surface area contributed by atoms with Crippen molar-refractivity contribution in [1.82, 2.24) is 19.9 Å². The van der Waals surface area contributed by atoms with E-state index in [1.807, 2.05) is 35.2 Å². The summed E-state index contributed by atoms with van der Waals surface area (Å²) in [5, 5.41) is 1.01. The lowest BCUT2D eigenvalue weighted by Crippen LogP contribution is -2.36. The van der Waals surface area contributed by atoms with Gasteiger partial charge < -0.3 is 18.7 Å². The molecule has 146 valence electrons. The molecule has 4 aromatic rings. The monoisotopic (exact) mass is 388 g/mol. The zero-order valence-electron chi connectivity index (χ0n) is 15.8. The van der Waals surface area contributed by atoms with Crippen LogP contribution in [0.5, 0.6) is 0 Å². The minimum atomic E-state index is -0.407. The average Bonchev–Trinajstić information content (AvgIpc) is 3.15. The zero-order valence-corrected chi connectivity index (χ0v) is 15.8. The first-order valence-corrected chi connectivity index (χ1v) is 10.0. The maximum atomic E-state index is 13.6. The summed E-state index contributed by atoms with van der Waals surface area (Å²) in [6, 6.07) is 9.48. The number of aromatic nitrogens is 3. The number of oxazole rings is 1. The van der Waals surface area contributed by atoms with Gasteiger partial charge in [-0.1, -0.05) is 18.2 Å². The smallest absolute Gasteiger partial charge is 0.292 e. The van der Waals surface area contributed by atoms with Gasteiger partial charge in [0.15, 0.2) is 6.39 Å². The molecular formula is C22H20N4O3. The number of aromatic amines is 1. The summed E-state index contributed by atoms with van der Waals surface area (Å²) < 4.78 is 11.8. The van der Waals surface area contributed by atoms with Crippen LogP contribution in [0.1, 0.15) is 64.6 Å². The van der Waals surface area contributed by atoms with Gasteiger partial charge in [-0.25, -0.2) is 9.97 Å². The molecule has 1 saturated carbocycles. The number of H-pyrrole nitrogens is 1. The Morgan fingerprint density at radius 3 is 2.93 bits per heavy atom. The Morgan fingerprint density at radius 2 is 2.07 bits per heavy atom. The standard InChI is InChI=1S/C22H20N4O3/c27-22(21-18(13-7-8-13)25-12-28-21)26-9-3-5-15-19(24-11-23-15)20(26)17-10-14-4-1-2-6-16(14)29-17/h1-2,4,6,10-13,20H,3,5,7-9H2,(H,23,24)/t20-/m0/s1. The Bertz CT molecular complexity index is 1170. The lowest BCUT2D eigenvalue weighted by atomic mass is 10.1. The molecule has 4 heterocycles. The number of hydrogen-bond donors (Lipinski definition) is 1. The fourth-order valence-corrected chi connectivity index (χ4v) is 4.31. The van der Waals surface area contributed by atoms with Crippen LogP contribution in [0.4, 0.5) is 0 Å². The Kier molecular flexibility index (Phi) is 3.62. The second-order valence-electron chi connectivity index (χ2n) is 7.80. The number of carbonyl (C=O) groups excluding carboxylic acids is 1. The normalized spacial score (nSPS) is 19.3. The van der Waals surface area contributed by atoms with E-state index in [2.05, 4.69) is 15.0 Å². The highest BCUT2D eigenvalue weighted by atomic mass is 16.4. The number of nitrogens with zero attached hydrogens (tertiary/aromatic N) is 3. The number of furan rings is 1. The quantitative estimate of drug-likeness (QED) is 0.568. The van der Waals surface area contributed by atoms with E-state index in [0.717, 1.165) is 53.7 Å². The molecule has 1 fully saturated rings. The molecule has 7 nitrogen and oxygen atoms in total. The van der Waals surface area contributed by atoms with Crippen LogP contribution in [0.2, 0.25) is 0 Å². The summed E-state index contributed by atoms with van der Waals surface area (Å²) in [7, 11) is 0. The van der Waals surface area contributed by atoms with Gasteiger partial charge in [0.25, 0.3) is 5.91 Å². The third kappa shape index (κ3) is 2.68. The molecule has 3 aromatic heterocycles. The number of fused-ring (bicyclic) bond motifs is 2. The van der Waals surface area contributed by atoms with E-state index in [1.165, 1.54) is 6.39 Å². The third-order valence-corrected chi connectivity index (χ3v) is 5.88. The second kappa shape index (κ2) is 6.34. The molecule has 29 heavy (non-hydrogen) atoms. The fraction of sp³-hybridized carbons (Fsp3) is 0.318. The van der Waals surface area contributed by atoms with Crippen molar-refractivity contribution in [3.63, 3.8) is 0 Å². The van der Waals surface area contributed by atoms with E-state index >= 15 is 0 Å². The van der Waals surface area contributed by atoms with Crippen molar-refractivity contribution in [2.24, 2.45) is 0 Å². The molecule has 0 saturated heterocycles. The molecule has 0 radical (unpaired) electrons. The van der Waals surface area contributed by atoms with Crippen LogP contribution in [0.3, 0.4) is 0 Å². The number of carbonyl (C=O) groups is 1. The van der Waals surface area contributed by atoms with Gasteiger partial charge in [0.2, 0.25) is 5.76 Å². The summed E-state index contributed by atoms with van der Waals surface area (Å²) in [5.41, 5.74) is 3.47. The minimum Gasteiger partial charge on any atom is -0.458 e. The molecule has 6 rings (SSSR count). The van der Waals surface area contributed by atoms with Crippen molar-refractivity contribution in [3.8, 4) is 0 Å².